The Morgan fingerprint density at radius 1 is 1.27 bits per heavy atom. The minimum atomic E-state index is 0.336. The first-order chi connectivity index (χ1) is 7.34. The van der Waals surface area contributed by atoms with Crippen molar-refractivity contribution in [2.45, 2.75) is 12.8 Å². The van der Waals surface area contributed by atoms with Crippen molar-refractivity contribution >= 4 is 6.08 Å². The molecule has 2 nitrogen and oxygen atoms in total. The first-order valence-corrected chi connectivity index (χ1v) is 5.52. The third-order valence-electron chi connectivity index (χ3n) is 2.81. The van der Waals surface area contributed by atoms with E-state index in [4.69, 9.17) is 0 Å². The molecule has 0 spiro atoms. The number of hydrogen-bond acceptors (Lipinski definition) is 2. The van der Waals surface area contributed by atoms with E-state index in [1.807, 2.05) is 12.1 Å². The van der Waals surface area contributed by atoms with E-state index in [1.54, 1.807) is 12.1 Å². The van der Waals surface area contributed by atoms with E-state index in [2.05, 4.69) is 17.5 Å². The molecule has 2 rings (SSSR count). The van der Waals surface area contributed by atoms with Crippen LogP contribution in [0.4, 0.5) is 0 Å². The van der Waals surface area contributed by atoms with Gasteiger partial charge in [0.15, 0.2) is 0 Å². The third-order valence-corrected chi connectivity index (χ3v) is 2.81. The highest BCUT2D eigenvalue weighted by Crippen LogP contribution is 2.17. The standard InChI is InChI=1S/C13H17NO/c15-13-3-1-2-12(10-13)5-4-11-6-8-14-9-7-11/h1-5,10-11,14-15H,6-9H2/b5-4+. The normalized spacial score (nSPS) is 18.4. The lowest BCUT2D eigenvalue weighted by molar-refractivity contribution is 0.438. The van der Waals surface area contributed by atoms with Crippen LogP contribution in [0.15, 0.2) is 30.3 Å². The molecule has 15 heavy (non-hydrogen) atoms. The summed E-state index contributed by atoms with van der Waals surface area (Å²) in [5.41, 5.74) is 1.08. The molecule has 1 fully saturated rings. The van der Waals surface area contributed by atoms with Crippen LogP contribution in [0.1, 0.15) is 18.4 Å². The summed E-state index contributed by atoms with van der Waals surface area (Å²) in [5, 5.41) is 12.7. The van der Waals surface area contributed by atoms with Crippen molar-refractivity contribution in [3.05, 3.63) is 35.9 Å². The Morgan fingerprint density at radius 3 is 2.80 bits per heavy atom. The maximum atomic E-state index is 9.31. The van der Waals surface area contributed by atoms with Crippen molar-refractivity contribution in [3.63, 3.8) is 0 Å². The van der Waals surface area contributed by atoms with Gasteiger partial charge >= 0.3 is 0 Å². The Hall–Kier alpha value is -1.28. The van der Waals surface area contributed by atoms with Gasteiger partial charge in [0.2, 0.25) is 0 Å². The zero-order valence-electron chi connectivity index (χ0n) is 8.82. The summed E-state index contributed by atoms with van der Waals surface area (Å²) in [6.07, 6.45) is 6.80. The molecular weight excluding hydrogens is 186 g/mol. The van der Waals surface area contributed by atoms with E-state index < -0.39 is 0 Å². The molecule has 0 amide bonds. The van der Waals surface area contributed by atoms with Crippen molar-refractivity contribution in [3.8, 4) is 5.75 Å². The molecule has 2 N–H and O–H groups in total. The van der Waals surface area contributed by atoms with E-state index in [9.17, 15) is 5.11 Å². The van der Waals surface area contributed by atoms with Crippen LogP contribution in [-0.4, -0.2) is 18.2 Å². The summed E-state index contributed by atoms with van der Waals surface area (Å²) < 4.78 is 0. The Kier molecular flexibility index (Phi) is 3.41. The lowest BCUT2D eigenvalue weighted by atomic mass is 9.97. The zero-order chi connectivity index (χ0) is 10.5. The summed E-state index contributed by atoms with van der Waals surface area (Å²) in [4.78, 5) is 0. The molecule has 1 aliphatic heterocycles. The van der Waals surface area contributed by atoms with Gasteiger partial charge in [0.1, 0.15) is 5.75 Å². The molecule has 1 aliphatic rings. The zero-order valence-corrected chi connectivity index (χ0v) is 8.82. The van der Waals surface area contributed by atoms with Gasteiger partial charge in [-0.3, -0.25) is 0 Å². The van der Waals surface area contributed by atoms with Gasteiger partial charge in [-0.2, -0.15) is 0 Å². The maximum Gasteiger partial charge on any atom is 0.116 e. The van der Waals surface area contributed by atoms with Crippen LogP contribution < -0.4 is 5.32 Å². The van der Waals surface area contributed by atoms with Gasteiger partial charge in [-0.25, -0.2) is 0 Å². The lowest BCUT2D eigenvalue weighted by Crippen LogP contribution is -2.26. The van der Waals surface area contributed by atoms with E-state index in [0.29, 0.717) is 11.7 Å². The molecular formula is C13H17NO. The second-order valence-corrected chi connectivity index (χ2v) is 4.04. The SMILES string of the molecule is Oc1cccc(/C=C/C2CCNCC2)c1. The summed E-state index contributed by atoms with van der Waals surface area (Å²) in [6, 6.07) is 7.37. The van der Waals surface area contributed by atoms with Crippen molar-refractivity contribution < 1.29 is 5.11 Å². The monoisotopic (exact) mass is 203 g/mol. The van der Waals surface area contributed by atoms with Crippen molar-refractivity contribution in [2.75, 3.05) is 13.1 Å². The highest BCUT2D eigenvalue weighted by molar-refractivity contribution is 5.51. The summed E-state index contributed by atoms with van der Waals surface area (Å²) in [7, 11) is 0. The predicted molar refractivity (Wildman–Crippen MR) is 62.7 cm³/mol. The minimum absolute atomic E-state index is 0.336. The fourth-order valence-electron chi connectivity index (χ4n) is 1.91. The smallest absolute Gasteiger partial charge is 0.116 e. The Labute approximate surface area is 90.6 Å². The molecule has 1 aromatic carbocycles. The largest absolute Gasteiger partial charge is 0.508 e. The molecule has 0 radical (unpaired) electrons. The Bertz CT molecular complexity index is 340. The Balaban J connectivity index is 1.97. The van der Waals surface area contributed by atoms with E-state index in [1.165, 1.54) is 12.8 Å². The topological polar surface area (TPSA) is 32.3 Å². The summed E-state index contributed by atoms with van der Waals surface area (Å²) in [6.45, 7) is 2.24. The quantitative estimate of drug-likeness (QED) is 0.773. The predicted octanol–water partition coefficient (Wildman–Crippen LogP) is 2.41. The molecule has 80 valence electrons. The number of benzene rings is 1. The van der Waals surface area contributed by atoms with Crippen LogP contribution in [0.2, 0.25) is 0 Å². The summed E-state index contributed by atoms with van der Waals surface area (Å²) in [5.74, 6) is 1.02. The molecule has 0 unspecified atom stereocenters. The van der Waals surface area contributed by atoms with Crippen LogP contribution in [-0.2, 0) is 0 Å². The first-order valence-electron chi connectivity index (χ1n) is 5.52. The molecule has 0 saturated carbocycles. The number of hydrogen-bond donors (Lipinski definition) is 2. The van der Waals surface area contributed by atoms with Crippen LogP contribution >= 0.6 is 0 Å². The molecule has 2 heteroatoms. The second-order valence-electron chi connectivity index (χ2n) is 4.04. The van der Waals surface area contributed by atoms with Crippen molar-refractivity contribution in [1.29, 1.82) is 0 Å². The third kappa shape index (κ3) is 3.10. The van der Waals surface area contributed by atoms with E-state index in [0.717, 1.165) is 18.7 Å². The molecule has 0 bridgehead atoms. The van der Waals surface area contributed by atoms with Gasteiger partial charge in [0, 0.05) is 0 Å². The highest BCUT2D eigenvalue weighted by Gasteiger charge is 2.08. The molecule has 0 aromatic heterocycles. The molecule has 0 atom stereocenters. The molecule has 1 saturated heterocycles. The van der Waals surface area contributed by atoms with Gasteiger partial charge in [-0.1, -0.05) is 24.3 Å². The van der Waals surface area contributed by atoms with Gasteiger partial charge in [-0.05, 0) is 49.5 Å². The number of phenolic OH excluding ortho intramolecular Hbond substituents is 1. The highest BCUT2D eigenvalue weighted by atomic mass is 16.3. The Morgan fingerprint density at radius 2 is 2.07 bits per heavy atom. The van der Waals surface area contributed by atoms with Crippen LogP contribution in [0, 0.1) is 5.92 Å². The molecule has 1 heterocycles. The number of rotatable bonds is 2. The lowest BCUT2D eigenvalue weighted by Gasteiger charge is -2.19. The number of aromatic hydroxyl groups is 1. The maximum absolute atomic E-state index is 9.31. The number of nitrogens with one attached hydrogen (secondary N) is 1. The second kappa shape index (κ2) is 4.99. The first kappa shape index (κ1) is 10.2. The number of allylic oxidation sites excluding steroid dienone is 1. The van der Waals surface area contributed by atoms with Crippen molar-refractivity contribution in [2.24, 2.45) is 5.92 Å². The average Bonchev–Trinajstić information content (AvgIpc) is 2.28. The van der Waals surface area contributed by atoms with E-state index >= 15 is 0 Å². The van der Waals surface area contributed by atoms with Crippen LogP contribution in [0.5, 0.6) is 5.75 Å². The number of phenols is 1. The van der Waals surface area contributed by atoms with Crippen LogP contribution in [0.3, 0.4) is 0 Å². The molecule has 0 aliphatic carbocycles. The van der Waals surface area contributed by atoms with Gasteiger partial charge in [0.25, 0.3) is 0 Å². The van der Waals surface area contributed by atoms with Gasteiger partial charge < -0.3 is 10.4 Å². The van der Waals surface area contributed by atoms with Gasteiger partial charge in [-0.15, -0.1) is 0 Å². The van der Waals surface area contributed by atoms with Crippen LogP contribution in [0.25, 0.3) is 6.08 Å². The number of piperidine rings is 1. The fraction of sp³-hybridized carbons (Fsp3) is 0.385. The van der Waals surface area contributed by atoms with E-state index in [-0.39, 0.29) is 0 Å². The average molecular weight is 203 g/mol. The minimum Gasteiger partial charge on any atom is -0.508 e. The van der Waals surface area contributed by atoms with Crippen molar-refractivity contribution in [1.82, 2.24) is 5.32 Å². The van der Waals surface area contributed by atoms with Gasteiger partial charge in [0.05, 0.1) is 0 Å². The molecule has 1 aromatic rings. The fourth-order valence-corrected chi connectivity index (χ4v) is 1.91. The summed E-state index contributed by atoms with van der Waals surface area (Å²) >= 11 is 0.